The number of halogens is 2. The van der Waals surface area contributed by atoms with Gasteiger partial charge in [-0.3, -0.25) is 14.5 Å². The third-order valence-electron chi connectivity index (χ3n) is 5.89. The minimum absolute atomic E-state index is 0.0887. The lowest BCUT2D eigenvalue weighted by Gasteiger charge is -2.27. The average molecular weight is 517 g/mol. The van der Waals surface area contributed by atoms with Gasteiger partial charge in [0, 0.05) is 10.6 Å². The molecule has 0 saturated heterocycles. The molecule has 6 nitrogen and oxygen atoms in total. The van der Waals surface area contributed by atoms with Crippen LogP contribution in [0.1, 0.15) is 23.6 Å². The second kappa shape index (κ2) is 11.1. The third kappa shape index (κ3) is 5.71. The fourth-order valence-electron chi connectivity index (χ4n) is 3.85. The number of carbonyl (C=O) groups excluding carboxylic acids is 2. The largest absolute Gasteiger partial charge is 0.493 e. The Morgan fingerprint density at radius 3 is 2.30 bits per heavy atom. The average Bonchev–Trinajstić information content (AvgIpc) is 2.90. The van der Waals surface area contributed by atoms with E-state index in [2.05, 4.69) is 0 Å². The number of hydrogen-bond acceptors (Lipinski definition) is 5. The van der Waals surface area contributed by atoms with E-state index in [0.717, 1.165) is 10.5 Å². The van der Waals surface area contributed by atoms with E-state index in [0.29, 0.717) is 34.3 Å². The molecular formula is C29H22ClFN2O4. The lowest BCUT2D eigenvalue weighted by molar-refractivity contribution is -0.141. The molecule has 4 rings (SSSR count). The normalized spacial score (nSPS) is 14.7. The van der Waals surface area contributed by atoms with Gasteiger partial charge in [0.05, 0.1) is 13.7 Å². The van der Waals surface area contributed by atoms with Gasteiger partial charge in [-0.25, -0.2) is 4.39 Å². The molecule has 0 unspecified atom stereocenters. The first kappa shape index (κ1) is 25.7. The lowest BCUT2D eigenvalue weighted by atomic mass is 9.93. The Bertz CT molecular complexity index is 1450. The van der Waals surface area contributed by atoms with Gasteiger partial charge in [-0.1, -0.05) is 41.9 Å². The molecule has 37 heavy (non-hydrogen) atoms. The predicted molar refractivity (Wildman–Crippen MR) is 137 cm³/mol. The molecule has 1 aliphatic rings. The number of nitriles is 1. The number of ether oxygens (including phenoxy) is 2. The molecule has 0 N–H and O–H groups in total. The van der Waals surface area contributed by atoms with Crippen molar-refractivity contribution in [3.63, 3.8) is 0 Å². The number of rotatable bonds is 7. The van der Waals surface area contributed by atoms with Crippen LogP contribution in [0.15, 0.2) is 83.4 Å². The third-order valence-corrected chi connectivity index (χ3v) is 6.14. The summed E-state index contributed by atoms with van der Waals surface area (Å²) in [6.07, 6.45) is 1.60. The maximum absolute atomic E-state index is 13.3. The molecule has 0 radical (unpaired) electrons. The molecule has 1 aliphatic heterocycles. The monoisotopic (exact) mass is 516 g/mol. The lowest BCUT2D eigenvalue weighted by Crippen LogP contribution is -2.42. The molecule has 0 bridgehead atoms. The second-order valence-electron chi connectivity index (χ2n) is 8.32. The molecule has 3 aromatic carbocycles. The Hall–Kier alpha value is -4.41. The van der Waals surface area contributed by atoms with E-state index in [4.69, 9.17) is 21.1 Å². The van der Waals surface area contributed by atoms with E-state index in [-0.39, 0.29) is 23.3 Å². The van der Waals surface area contributed by atoms with Crippen LogP contribution >= 0.6 is 11.6 Å². The maximum atomic E-state index is 13.3. The van der Waals surface area contributed by atoms with E-state index in [1.54, 1.807) is 43.3 Å². The Morgan fingerprint density at radius 1 is 0.973 bits per heavy atom. The van der Waals surface area contributed by atoms with Crippen LogP contribution in [0.5, 0.6) is 11.5 Å². The van der Waals surface area contributed by atoms with Crippen molar-refractivity contribution in [3.8, 4) is 17.6 Å². The SMILES string of the molecule is COc1cc(/C=C2/C(=O)N(Cc3ccc(F)cc3)C(=O)C(C#N)=C2C)ccc1OCc1ccc(Cl)cc1. The van der Waals surface area contributed by atoms with E-state index >= 15 is 0 Å². The zero-order valence-corrected chi connectivity index (χ0v) is 20.9. The van der Waals surface area contributed by atoms with Crippen LogP contribution in [0.4, 0.5) is 4.39 Å². The van der Waals surface area contributed by atoms with E-state index < -0.39 is 17.6 Å². The van der Waals surface area contributed by atoms with Crippen LogP contribution in [0.25, 0.3) is 6.08 Å². The molecule has 186 valence electrons. The summed E-state index contributed by atoms with van der Waals surface area (Å²) in [5.74, 6) is -0.702. The summed E-state index contributed by atoms with van der Waals surface area (Å²) < 4.78 is 24.7. The first-order valence-electron chi connectivity index (χ1n) is 11.3. The smallest absolute Gasteiger partial charge is 0.271 e. The summed E-state index contributed by atoms with van der Waals surface area (Å²) in [6.45, 7) is 1.78. The standard InChI is InChI=1S/C29H22ClFN2O4/c1-18-24(28(34)33(29(35)25(18)15-32)16-19-5-10-23(31)11-6-19)13-21-7-12-26(27(14-21)36-2)37-17-20-3-8-22(30)9-4-20/h3-14H,16-17H2,1-2H3/b24-13+. The molecule has 0 atom stereocenters. The summed E-state index contributed by atoms with van der Waals surface area (Å²) in [5, 5.41) is 10.3. The highest BCUT2D eigenvalue weighted by molar-refractivity contribution is 6.30. The van der Waals surface area contributed by atoms with Crippen molar-refractivity contribution in [2.24, 2.45) is 0 Å². The van der Waals surface area contributed by atoms with Gasteiger partial charge in [0.2, 0.25) is 0 Å². The van der Waals surface area contributed by atoms with Crippen molar-refractivity contribution in [1.82, 2.24) is 4.90 Å². The zero-order valence-electron chi connectivity index (χ0n) is 20.1. The number of benzene rings is 3. The van der Waals surface area contributed by atoms with Gasteiger partial charge in [-0.15, -0.1) is 0 Å². The predicted octanol–water partition coefficient (Wildman–Crippen LogP) is 5.86. The van der Waals surface area contributed by atoms with Crippen LogP contribution < -0.4 is 9.47 Å². The molecular weight excluding hydrogens is 495 g/mol. The number of amides is 2. The number of carbonyl (C=O) groups is 2. The minimum Gasteiger partial charge on any atom is -0.493 e. The van der Waals surface area contributed by atoms with Gasteiger partial charge in [-0.2, -0.15) is 5.26 Å². The quantitative estimate of drug-likeness (QED) is 0.290. The van der Waals surface area contributed by atoms with Gasteiger partial charge in [-0.05, 0) is 71.7 Å². The Balaban J connectivity index is 1.62. The summed E-state index contributed by atoms with van der Waals surface area (Å²) >= 11 is 5.93. The molecule has 3 aromatic rings. The molecule has 0 fully saturated rings. The molecule has 2 amide bonds. The van der Waals surface area contributed by atoms with Crippen LogP contribution in [0, 0.1) is 17.1 Å². The summed E-state index contributed by atoms with van der Waals surface area (Å²) in [6, 6.07) is 19.9. The number of imide groups is 1. The first-order valence-corrected chi connectivity index (χ1v) is 11.7. The van der Waals surface area contributed by atoms with Gasteiger partial charge in [0.15, 0.2) is 11.5 Å². The van der Waals surface area contributed by atoms with Gasteiger partial charge in [0.25, 0.3) is 11.8 Å². The highest BCUT2D eigenvalue weighted by atomic mass is 35.5. The van der Waals surface area contributed by atoms with Crippen molar-refractivity contribution >= 4 is 29.5 Å². The van der Waals surface area contributed by atoms with Crippen molar-refractivity contribution in [2.75, 3.05) is 7.11 Å². The summed E-state index contributed by atoms with van der Waals surface area (Å²) in [4.78, 5) is 27.2. The second-order valence-corrected chi connectivity index (χ2v) is 8.75. The Kier molecular flexibility index (Phi) is 7.71. The maximum Gasteiger partial charge on any atom is 0.271 e. The molecule has 0 aromatic heterocycles. The zero-order chi connectivity index (χ0) is 26.5. The van der Waals surface area contributed by atoms with E-state index in [9.17, 15) is 19.2 Å². The molecule has 1 heterocycles. The van der Waals surface area contributed by atoms with Crippen LogP contribution in [0.3, 0.4) is 0 Å². The molecule has 0 aliphatic carbocycles. The van der Waals surface area contributed by atoms with E-state index in [1.165, 1.54) is 31.4 Å². The number of nitrogens with zero attached hydrogens (tertiary/aromatic N) is 2. The molecule has 0 spiro atoms. The van der Waals surface area contributed by atoms with Crippen LogP contribution in [-0.4, -0.2) is 23.8 Å². The van der Waals surface area contributed by atoms with Crippen LogP contribution in [-0.2, 0) is 22.7 Å². The molecule has 0 saturated carbocycles. The summed E-state index contributed by atoms with van der Waals surface area (Å²) in [7, 11) is 1.51. The van der Waals surface area contributed by atoms with Gasteiger partial charge >= 0.3 is 0 Å². The minimum atomic E-state index is -0.685. The van der Waals surface area contributed by atoms with Crippen molar-refractivity contribution in [2.45, 2.75) is 20.1 Å². The molecule has 8 heteroatoms. The highest BCUT2D eigenvalue weighted by Crippen LogP contribution is 2.32. The summed E-state index contributed by atoms with van der Waals surface area (Å²) in [5.41, 5.74) is 2.48. The number of methoxy groups -OCH3 is 1. The van der Waals surface area contributed by atoms with Crippen molar-refractivity contribution < 1.29 is 23.5 Å². The van der Waals surface area contributed by atoms with Gasteiger partial charge < -0.3 is 9.47 Å². The van der Waals surface area contributed by atoms with Crippen LogP contribution in [0.2, 0.25) is 5.02 Å². The fraction of sp³-hybridized carbons (Fsp3) is 0.138. The van der Waals surface area contributed by atoms with Crippen molar-refractivity contribution in [3.05, 3.63) is 111 Å². The topological polar surface area (TPSA) is 79.6 Å². The Labute approximate surface area is 218 Å². The highest BCUT2D eigenvalue weighted by Gasteiger charge is 2.35. The fourth-order valence-corrected chi connectivity index (χ4v) is 3.97. The van der Waals surface area contributed by atoms with Gasteiger partial charge in [0.1, 0.15) is 24.1 Å². The Morgan fingerprint density at radius 2 is 1.65 bits per heavy atom. The van der Waals surface area contributed by atoms with Crippen molar-refractivity contribution in [1.29, 1.82) is 5.26 Å². The first-order chi connectivity index (χ1) is 17.8. The number of hydrogen-bond donors (Lipinski definition) is 0. The van der Waals surface area contributed by atoms with E-state index in [1.807, 2.05) is 18.2 Å².